The maximum absolute atomic E-state index is 6.23. The quantitative estimate of drug-likeness (QED) is 0.878. The van der Waals surface area contributed by atoms with Gasteiger partial charge in [0.05, 0.1) is 17.8 Å². The summed E-state index contributed by atoms with van der Waals surface area (Å²) < 4.78 is 2.33. The number of imidazole rings is 1. The molecule has 0 bridgehead atoms. The normalized spacial score (nSPS) is 17.5. The van der Waals surface area contributed by atoms with E-state index in [1.54, 1.807) is 0 Å². The third-order valence-electron chi connectivity index (χ3n) is 3.36. The summed E-state index contributed by atoms with van der Waals surface area (Å²) in [7, 11) is 0. The van der Waals surface area contributed by atoms with E-state index < -0.39 is 0 Å². The number of nitrogens with two attached hydrogens (primary N) is 1. The van der Waals surface area contributed by atoms with Crippen molar-refractivity contribution in [2.45, 2.75) is 44.7 Å². The van der Waals surface area contributed by atoms with Gasteiger partial charge in [-0.1, -0.05) is 13.3 Å². The summed E-state index contributed by atoms with van der Waals surface area (Å²) in [6.07, 6.45) is 8.24. The number of rotatable bonds is 4. The summed E-state index contributed by atoms with van der Waals surface area (Å²) in [6.45, 7) is 2.16. The van der Waals surface area contributed by atoms with Gasteiger partial charge in [0.2, 0.25) is 0 Å². The average Bonchev–Trinajstić information content (AvgIpc) is 3.09. The van der Waals surface area contributed by atoms with Crippen LogP contribution in [0.15, 0.2) is 18.5 Å². The fourth-order valence-corrected chi connectivity index (χ4v) is 2.39. The predicted octanol–water partition coefficient (Wildman–Crippen LogP) is 2.57. The van der Waals surface area contributed by atoms with Gasteiger partial charge >= 0.3 is 0 Å². The summed E-state index contributed by atoms with van der Waals surface area (Å²) in [6, 6.07) is 2.70. The first-order valence-corrected chi connectivity index (χ1v) is 6.38. The van der Waals surface area contributed by atoms with E-state index in [0.29, 0.717) is 6.04 Å². The van der Waals surface area contributed by atoms with Crippen LogP contribution in [0.4, 0.5) is 0 Å². The van der Waals surface area contributed by atoms with Crippen LogP contribution in [-0.4, -0.2) is 14.5 Å². The SMILES string of the molecule is CCCC(N)c1nc2cnccc2n1C1CC1. The van der Waals surface area contributed by atoms with Gasteiger partial charge in [-0.15, -0.1) is 0 Å². The first kappa shape index (κ1) is 10.7. The second kappa shape index (κ2) is 4.11. The molecule has 1 fully saturated rings. The summed E-state index contributed by atoms with van der Waals surface area (Å²) in [5.74, 6) is 1.04. The van der Waals surface area contributed by atoms with Crippen LogP contribution in [0.5, 0.6) is 0 Å². The van der Waals surface area contributed by atoms with Crippen LogP contribution in [-0.2, 0) is 0 Å². The maximum Gasteiger partial charge on any atom is 0.127 e. The van der Waals surface area contributed by atoms with Crippen LogP contribution in [0.1, 0.15) is 50.5 Å². The van der Waals surface area contributed by atoms with Crippen molar-refractivity contribution in [3.05, 3.63) is 24.3 Å². The lowest BCUT2D eigenvalue weighted by Crippen LogP contribution is -2.16. The van der Waals surface area contributed by atoms with Gasteiger partial charge < -0.3 is 10.3 Å². The highest BCUT2D eigenvalue weighted by Crippen LogP contribution is 2.39. The fraction of sp³-hybridized carbons (Fsp3) is 0.538. The number of hydrogen-bond acceptors (Lipinski definition) is 3. The zero-order chi connectivity index (χ0) is 11.8. The third kappa shape index (κ3) is 1.82. The van der Waals surface area contributed by atoms with Crippen molar-refractivity contribution in [1.82, 2.24) is 14.5 Å². The Morgan fingerprint density at radius 2 is 2.35 bits per heavy atom. The van der Waals surface area contributed by atoms with Gasteiger partial charge in [-0.05, 0) is 25.3 Å². The molecule has 0 amide bonds. The molecule has 2 N–H and O–H groups in total. The molecule has 0 aromatic carbocycles. The van der Waals surface area contributed by atoms with Crippen molar-refractivity contribution in [2.24, 2.45) is 5.73 Å². The molecule has 0 saturated heterocycles. The van der Waals surface area contributed by atoms with Crippen LogP contribution >= 0.6 is 0 Å². The van der Waals surface area contributed by atoms with Crippen LogP contribution in [0.2, 0.25) is 0 Å². The second-order valence-corrected chi connectivity index (χ2v) is 4.83. The van der Waals surface area contributed by atoms with Gasteiger partial charge in [0.1, 0.15) is 11.3 Å². The second-order valence-electron chi connectivity index (χ2n) is 4.83. The molecule has 3 rings (SSSR count). The molecule has 1 saturated carbocycles. The summed E-state index contributed by atoms with van der Waals surface area (Å²) in [5, 5.41) is 0. The monoisotopic (exact) mass is 230 g/mol. The molecule has 2 aromatic rings. The minimum atomic E-state index is 0.0491. The maximum atomic E-state index is 6.23. The molecule has 4 heteroatoms. The van der Waals surface area contributed by atoms with E-state index in [1.165, 1.54) is 18.4 Å². The molecule has 1 atom stereocenters. The zero-order valence-corrected chi connectivity index (χ0v) is 10.1. The fourth-order valence-electron chi connectivity index (χ4n) is 2.39. The van der Waals surface area contributed by atoms with Gasteiger partial charge in [0, 0.05) is 12.2 Å². The molecular weight excluding hydrogens is 212 g/mol. The van der Waals surface area contributed by atoms with Crippen molar-refractivity contribution < 1.29 is 0 Å². The molecule has 4 nitrogen and oxygen atoms in total. The minimum absolute atomic E-state index is 0.0491. The van der Waals surface area contributed by atoms with Gasteiger partial charge in [-0.3, -0.25) is 4.98 Å². The zero-order valence-electron chi connectivity index (χ0n) is 10.1. The van der Waals surface area contributed by atoms with E-state index in [1.807, 2.05) is 18.5 Å². The lowest BCUT2D eigenvalue weighted by molar-refractivity contribution is 0.561. The molecular formula is C13H18N4. The smallest absolute Gasteiger partial charge is 0.127 e. The van der Waals surface area contributed by atoms with Crippen molar-refractivity contribution in [3.8, 4) is 0 Å². The van der Waals surface area contributed by atoms with E-state index in [-0.39, 0.29) is 6.04 Å². The summed E-state index contributed by atoms with van der Waals surface area (Å²) >= 11 is 0. The first-order chi connectivity index (χ1) is 8.31. The number of hydrogen-bond donors (Lipinski definition) is 1. The first-order valence-electron chi connectivity index (χ1n) is 6.38. The Bertz CT molecular complexity index is 527. The summed E-state index contributed by atoms with van der Waals surface area (Å²) in [4.78, 5) is 8.80. The molecule has 0 spiro atoms. The molecule has 90 valence electrons. The van der Waals surface area contributed by atoms with Crippen LogP contribution < -0.4 is 5.73 Å². The van der Waals surface area contributed by atoms with Gasteiger partial charge in [0.15, 0.2) is 0 Å². The molecule has 2 heterocycles. The number of pyridine rings is 1. The van der Waals surface area contributed by atoms with Crippen molar-refractivity contribution in [1.29, 1.82) is 0 Å². The van der Waals surface area contributed by atoms with Gasteiger partial charge in [-0.25, -0.2) is 4.98 Å². The molecule has 17 heavy (non-hydrogen) atoms. The van der Waals surface area contributed by atoms with E-state index in [4.69, 9.17) is 5.73 Å². The molecule has 2 aromatic heterocycles. The Balaban J connectivity index is 2.12. The molecule has 0 aliphatic heterocycles. The van der Waals surface area contributed by atoms with E-state index >= 15 is 0 Å². The Hall–Kier alpha value is -1.42. The lowest BCUT2D eigenvalue weighted by atomic mass is 10.1. The highest BCUT2D eigenvalue weighted by molar-refractivity contribution is 5.75. The molecule has 1 aliphatic carbocycles. The van der Waals surface area contributed by atoms with Crippen molar-refractivity contribution >= 4 is 11.0 Å². The van der Waals surface area contributed by atoms with Crippen molar-refractivity contribution in [3.63, 3.8) is 0 Å². The largest absolute Gasteiger partial charge is 0.323 e. The lowest BCUT2D eigenvalue weighted by Gasteiger charge is -2.13. The van der Waals surface area contributed by atoms with E-state index in [2.05, 4.69) is 21.5 Å². The predicted molar refractivity (Wildman–Crippen MR) is 67.6 cm³/mol. The Kier molecular flexibility index (Phi) is 2.59. The number of fused-ring (bicyclic) bond motifs is 1. The van der Waals surface area contributed by atoms with E-state index in [0.717, 1.165) is 24.2 Å². The number of aromatic nitrogens is 3. The van der Waals surface area contributed by atoms with Gasteiger partial charge in [0.25, 0.3) is 0 Å². The van der Waals surface area contributed by atoms with Crippen LogP contribution in [0, 0.1) is 0 Å². The third-order valence-corrected chi connectivity index (χ3v) is 3.36. The average molecular weight is 230 g/mol. The van der Waals surface area contributed by atoms with Crippen LogP contribution in [0.25, 0.3) is 11.0 Å². The van der Waals surface area contributed by atoms with Crippen LogP contribution in [0.3, 0.4) is 0 Å². The molecule has 0 radical (unpaired) electrons. The Labute approximate surface area is 101 Å². The van der Waals surface area contributed by atoms with Crippen molar-refractivity contribution in [2.75, 3.05) is 0 Å². The Morgan fingerprint density at radius 3 is 3.06 bits per heavy atom. The standard InChI is InChI=1S/C13H18N4/c1-2-3-10(14)13-16-11-8-15-7-6-12(11)17(13)9-4-5-9/h6-10H,2-5,14H2,1H3. The number of nitrogens with zero attached hydrogens (tertiary/aromatic N) is 3. The van der Waals surface area contributed by atoms with E-state index in [9.17, 15) is 0 Å². The molecule has 1 unspecified atom stereocenters. The topological polar surface area (TPSA) is 56.7 Å². The minimum Gasteiger partial charge on any atom is -0.323 e. The highest BCUT2D eigenvalue weighted by atomic mass is 15.1. The molecule has 1 aliphatic rings. The highest BCUT2D eigenvalue weighted by Gasteiger charge is 2.29. The summed E-state index contributed by atoms with van der Waals surface area (Å²) in [5.41, 5.74) is 8.39. The van der Waals surface area contributed by atoms with Gasteiger partial charge in [-0.2, -0.15) is 0 Å². The Morgan fingerprint density at radius 1 is 1.53 bits per heavy atom.